The van der Waals surface area contributed by atoms with E-state index in [1.165, 1.54) is 0 Å². The van der Waals surface area contributed by atoms with E-state index in [0.29, 0.717) is 48.1 Å². The summed E-state index contributed by atoms with van der Waals surface area (Å²) in [4.78, 5) is 38.4. The highest BCUT2D eigenvalue weighted by molar-refractivity contribution is 9.10. The molecular formula is C61H55BBrCl3N18O2. The van der Waals surface area contributed by atoms with Gasteiger partial charge in [-0.3, -0.25) is 0 Å². The van der Waals surface area contributed by atoms with Gasteiger partial charge < -0.3 is 26.5 Å². The molecule has 0 radical (unpaired) electrons. The van der Waals surface area contributed by atoms with Crippen LogP contribution in [0.2, 0.25) is 15.1 Å². The van der Waals surface area contributed by atoms with Gasteiger partial charge in [0.1, 0.15) is 47.5 Å². The van der Waals surface area contributed by atoms with Crippen molar-refractivity contribution < 1.29 is 9.31 Å². The van der Waals surface area contributed by atoms with Crippen molar-refractivity contribution in [3.63, 3.8) is 0 Å². The Morgan fingerprint density at radius 2 is 0.721 bits per heavy atom. The van der Waals surface area contributed by atoms with E-state index in [2.05, 4.69) is 125 Å². The smallest absolute Gasteiger partial charge is 0.399 e. The van der Waals surface area contributed by atoms with Crippen molar-refractivity contribution in [2.24, 2.45) is 0 Å². The Kier molecular flexibility index (Phi) is 18.8. The van der Waals surface area contributed by atoms with E-state index in [9.17, 15) is 0 Å². The zero-order valence-electron chi connectivity index (χ0n) is 46.7. The summed E-state index contributed by atoms with van der Waals surface area (Å²) in [6.07, 6.45) is 4.70. The van der Waals surface area contributed by atoms with Crippen LogP contribution in [-0.2, 0) is 9.31 Å². The minimum atomic E-state index is -0.344. The molecule has 6 aromatic heterocycles. The molecule has 1 fully saturated rings. The van der Waals surface area contributed by atoms with Gasteiger partial charge >= 0.3 is 7.12 Å². The van der Waals surface area contributed by atoms with Crippen LogP contribution in [0.15, 0.2) is 151 Å². The molecule has 86 heavy (non-hydrogen) atoms. The molecule has 0 atom stereocenters. The predicted octanol–water partition coefficient (Wildman–Crippen LogP) is 12.8. The summed E-state index contributed by atoms with van der Waals surface area (Å²) in [6, 6.07) is 39.8. The average Bonchev–Trinajstić information content (AvgIpc) is 2.04. The molecule has 0 unspecified atom stereocenters. The lowest BCUT2D eigenvalue weighted by atomic mass is 9.78. The summed E-state index contributed by atoms with van der Waals surface area (Å²) >= 11 is 21.0. The first-order valence-corrected chi connectivity index (χ1v) is 28.1. The largest absolute Gasteiger partial charge is 0.494 e. The van der Waals surface area contributed by atoms with E-state index in [1.54, 1.807) is 55.4 Å². The number of anilines is 3. The Morgan fingerprint density at radius 3 is 1.12 bits per heavy atom. The average molecular weight is 1270 g/mol. The summed E-state index contributed by atoms with van der Waals surface area (Å²) in [5.74, 6) is 0.381. The van der Waals surface area contributed by atoms with Gasteiger partial charge in [0, 0.05) is 76.1 Å². The second kappa shape index (κ2) is 26.2. The third-order valence-electron chi connectivity index (χ3n) is 14.0. The maximum atomic E-state index is 6.08. The molecule has 25 heteroatoms. The van der Waals surface area contributed by atoms with Gasteiger partial charge in [0.05, 0.1) is 27.8 Å². The van der Waals surface area contributed by atoms with Gasteiger partial charge in [-0.2, -0.15) is 0 Å². The summed E-state index contributed by atoms with van der Waals surface area (Å²) in [6.45, 7) is 14.1. The fourth-order valence-electron chi connectivity index (χ4n) is 8.80. The lowest BCUT2D eigenvalue weighted by Gasteiger charge is -2.32. The maximum Gasteiger partial charge on any atom is 0.494 e. The quantitative estimate of drug-likeness (QED) is 0.130. The molecule has 432 valence electrons. The molecule has 20 nitrogen and oxygen atoms in total. The first kappa shape index (κ1) is 61.7. The Labute approximate surface area is 519 Å². The molecular weight excluding hydrogens is 1210 g/mol. The number of aromatic nitrogens is 15. The number of hydrogen-bond acceptors (Lipinski definition) is 20. The lowest BCUT2D eigenvalue weighted by molar-refractivity contribution is 0.00578. The van der Waals surface area contributed by atoms with E-state index < -0.39 is 0 Å². The van der Waals surface area contributed by atoms with Crippen LogP contribution in [0.3, 0.4) is 0 Å². The molecule has 13 rings (SSSR count). The van der Waals surface area contributed by atoms with Crippen LogP contribution in [0, 0.1) is 20.8 Å². The van der Waals surface area contributed by atoms with Gasteiger partial charge in [0.15, 0.2) is 4.60 Å². The van der Waals surface area contributed by atoms with E-state index >= 15 is 0 Å². The number of hydrogen-bond donors (Lipinski definition) is 3. The van der Waals surface area contributed by atoms with Crippen LogP contribution >= 0.6 is 50.7 Å². The fraction of sp³-hybridized carbons (Fsp3) is 0.164. The number of nitrogens with zero attached hydrogens (tertiary/aromatic N) is 15. The molecule has 1 saturated heterocycles. The maximum absolute atomic E-state index is 6.08. The number of nitrogens with two attached hydrogens (primary N) is 3. The van der Waals surface area contributed by atoms with Crippen molar-refractivity contribution in [2.75, 3.05) is 17.2 Å². The number of halogens is 4. The zero-order chi connectivity index (χ0) is 60.2. The van der Waals surface area contributed by atoms with E-state index in [4.69, 9.17) is 61.3 Å². The molecule has 0 amide bonds. The molecule has 6 N–H and O–H groups in total. The second-order valence-electron chi connectivity index (χ2n) is 20.3. The van der Waals surface area contributed by atoms with Crippen molar-refractivity contribution in [2.45, 2.75) is 67.1 Å². The molecule has 7 heterocycles. The zero-order valence-corrected chi connectivity index (χ0v) is 50.6. The first-order chi connectivity index (χ1) is 40.7. The summed E-state index contributed by atoms with van der Waals surface area (Å²) < 4.78 is 12.7. The molecule has 0 bridgehead atoms. The molecule has 0 spiro atoms. The van der Waals surface area contributed by atoms with Crippen LogP contribution in [0.5, 0.6) is 0 Å². The molecule has 6 aromatic carbocycles. The Bertz CT molecular complexity index is 4230. The second-order valence-corrected chi connectivity index (χ2v) is 22.3. The predicted molar refractivity (Wildman–Crippen MR) is 345 cm³/mol. The Balaban J connectivity index is 0.000000139. The number of rotatable bonds is 6. The third kappa shape index (κ3) is 13.9. The van der Waals surface area contributed by atoms with E-state index in [1.807, 2.05) is 106 Å². The number of fused-ring (bicyclic) bond motifs is 3. The highest BCUT2D eigenvalue weighted by atomic mass is 79.9. The SMILES string of the molecule is C.Cc1ncnc2ccc(-c3nnc(N)nc3-c3ccc(Cl)cc3)cc12.Cc1ncnc2ccc(-c3nnc(N)nc3-c3ccc(Cl)cc3)cc12.Cc1ncnc2ccc(B3OC(C)(C)C(C)(C)O3)cc12.Nc1nnc(Br)c(-c2ccc(Cl)cc2)n1. The Morgan fingerprint density at radius 1 is 0.395 bits per heavy atom. The van der Waals surface area contributed by atoms with Crippen molar-refractivity contribution >= 4 is 114 Å². The molecule has 1 aliphatic rings. The summed E-state index contributed by atoms with van der Waals surface area (Å²) in [7, 11) is -0.344. The lowest BCUT2D eigenvalue weighted by Crippen LogP contribution is -2.41. The number of benzene rings is 6. The Hall–Kier alpha value is -8.90. The first-order valence-electron chi connectivity index (χ1n) is 26.1. The van der Waals surface area contributed by atoms with Gasteiger partial charge in [0.2, 0.25) is 17.8 Å². The summed E-state index contributed by atoms with van der Waals surface area (Å²) in [5.41, 5.74) is 30.4. The van der Waals surface area contributed by atoms with E-state index in [-0.39, 0.29) is 43.6 Å². The van der Waals surface area contributed by atoms with Crippen LogP contribution in [0.1, 0.15) is 52.2 Å². The topological polar surface area (TPSA) is 290 Å². The molecule has 1 aliphatic heterocycles. The van der Waals surface area contributed by atoms with Crippen LogP contribution in [-0.4, -0.2) is 93.8 Å². The highest BCUT2D eigenvalue weighted by Crippen LogP contribution is 2.38. The van der Waals surface area contributed by atoms with Crippen LogP contribution in [0.25, 0.3) is 89.0 Å². The molecule has 12 aromatic rings. The molecule has 0 saturated carbocycles. The highest BCUT2D eigenvalue weighted by Gasteiger charge is 2.51. The van der Waals surface area contributed by atoms with Gasteiger partial charge in [-0.25, -0.2) is 44.9 Å². The minimum absolute atomic E-state index is 0. The third-order valence-corrected chi connectivity index (χ3v) is 15.3. The van der Waals surface area contributed by atoms with Crippen molar-refractivity contribution in [1.29, 1.82) is 0 Å². The van der Waals surface area contributed by atoms with E-state index in [0.717, 1.165) is 83.1 Å². The standard InChI is InChI=1S/2C18H13ClN6.C15H19BN2O2.C9H6BrClN4.CH4/c2*1-10-14-8-12(4-7-15(14)22-9-21-10)17-16(23-18(20)25-24-17)11-2-5-13(19)6-3-11;1-10-12-8-11(6-7-13(12)18-9-17-10)16-19-14(2,3)15(4,5)20-16;10-8-7(13-9(12)15-14-8)5-1-3-6(11)4-2-5;/h2*2-9H,1H3,(H2,20,23,25);6-9H,1-5H3;1-4H,(H2,12,13,15);1H4. The number of nitrogen functional groups attached to an aromatic ring is 3. The van der Waals surface area contributed by atoms with Gasteiger partial charge in [-0.05, 0) is 137 Å². The van der Waals surface area contributed by atoms with Crippen LogP contribution < -0.4 is 22.7 Å². The monoisotopic (exact) mass is 1270 g/mol. The normalized spacial score (nSPS) is 12.9. The van der Waals surface area contributed by atoms with Crippen molar-refractivity contribution in [3.05, 3.63) is 183 Å². The summed E-state index contributed by atoms with van der Waals surface area (Å²) in [5, 5.41) is 28.8. The van der Waals surface area contributed by atoms with Crippen molar-refractivity contribution in [3.8, 4) is 56.3 Å². The van der Waals surface area contributed by atoms with Gasteiger partial charge in [0.25, 0.3) is 0 Å². The fourth-order valence-corrected chi connectivity index (χ4v) is 9.57. The van der Waals surface area contributed by atoms with Gasteiger partial charge in [-0.1, -0.05) is 103 Å². The molecule has 0 aliphatic carbocycles. The van der Waals surface area contributed by atoms with Gasteiger partial charge in [-0.15, -0.1) is 30.6 Å². The van der Waals surface area contributed by atoms with Crippen LogP contribution in [0.4, 0.5) is 17.8 Å². The van der Waals surface area contributed by atoms with Crippen molar-refractivity contribution in [1.82, 2.24) is 75.4 Å². The minimum Gasteiger partial charge on any atom is -0.399 e. The number of aryl methyl sites for hydroxylation is 3.